The standard InChI is InChI=1S/C26H21Cl2NO3S2/c1-3-31-23-12-17(7-10-22(23)32-15-18-6-4-5-16(2)11-18)13-24-25(30)29(26(33)34-24)19-8-9-20(27)21(28)14-19/h4-14H,3,15H2,1-2H3/b24-13+. The molecule has 0 spiro atoms. The van der Waals surface area contributed by atoms with Crippen LogP contribution in [0.3, 0.4) is 0 Å². The number of thiocarbonyl (C=S) groups is 1. The van der Waals surface area contributed by atoms with E-state index in [4.69, 9.17) is 44.9 Å². The lowest BCUT2D eigenvalue weighted by atomic mass is 10.1. The van der Waals surface area contributed by atoms with Crippen LogP contribution in [0.25, 0.3) is 6.08 Å². The zero-order valence-electron chi connectivity index (χ0n) is 18.5. The van der Waals surface area contributed by atoms with Crippen LogP contribution in [0.5, 0.6) is 11.5 Å². The van der Waals surface area contributed by atoms with Gasteiger partial charge in [-0.25, -0.2) is 0 Å². The fraction of sp³-hybridized carbons (Fsp3) is 0.154. The van der Waals surface area contributed by atoms with Crippen molar-refractivity contribution < 1.29 is 14.3 Å². The zero-order valence-corrected chi connectivity index (χ0v) is 21.7. The molecule has 0 atom stereocenters. The number of carbonyl (C=O) groups excluding carboxylic acids is 1. The van der Waals surface area contributed by atoms with E-state index in [1.54, 1.807) is 24.3 Å². The average Bonchev–Trinajstić information content (AvgIpc) is 3.08. The van der Waals surface area contributed by atoms with Gasteiger partial charge in [0.05, 0.1) is 27.2 Å². The number of rotatable bonds is 7. The van der Waals surface area contributed by atoms with Crippen LogP contribution in [0, 0.1) is 6.92 Å². The molecule has 1 aliphatic rings. The minimum absolute atomic E-state index is 0.217. The third-order valence-electron chi connectivity index (χ3n) is 5.00. The van der Waals surface area contributed by atoms with E-state index in [1.807, 2.05) is 50.2 Å². The SMILES string of the molecule is CCOc1cc(/C=C2/SC(=S)N(c3ccc(Cl)c(Cl)c3)C2=O)ccc1OCc1cccc(C)c1. The molecule has 1 amide bonds. The van der Waals surface area contributed by atoms with Gasteiger partial charge < -0.3 is 9.47 Å². The van der Waals surface area contributed by atoms with Gasteiger partial charge in [-0.3, -0.25) is 9.69 Å². The number of nitrogens with zero attached hydrogens (tertiary/aromatic N) is 1. The highest BCUT2D eigenvalue weighted by Gasteiger charge is 2.33. The molecule has 0 saturated carbocycles. The Balaban J connectivity index is 1.56. The maximum Gasteiger partial charge on any atom is 0.270 e. The highest BCUT2D eigenvalue weighted by atomic mass is 35.5. The largest absolute Gasteiger partial charge is 0.490 e. The molecular weight excluding hydrogens is 509 g/mol. The summed E-state index contributed by atoms with van der Waals surface area (Å²) in [6, 6.07) is 18.8. The van der Waals surface area contributed by atoms with E-state index in [1.165, 1.54) is 22.2 Å². The fourth-order valence-electron chi connectivity index (χ4n) is 3.43. The predicted octanol–water partition coefficient (Wildman–Crippen LogP) is 7.69. The minimum atomic E-state index is -0.217. The van der Waals surface area contributed by atoms with E-state index in [0.717, 1.165) is 11.1 Å². The topological polar surface area (TPSA) is 38.8 Å². The first-order valence-electron chi connectivity index (χ1n) is 10.5. The summed E-state index contributed by atoms with van der Waals surface area (Å²) in [5.74, 6) is 1.04. The Bertz CT molecular complexity index is 1290. The highest BCUT2D eigenvalue weighted by molar-refractivity contribution is 8.27. The summed E-state index contributed by atoms with van der Waals surface area (Å²) in [6.07, 6.45) is 1.80. The van der Waals surface area contributed by atoms with Gasteiger partial charge in [0.25, 0.3) is 5.91 Å². The van der Waals surface area contributed by atoms with Crippen molar-refractivity contribution in [1.29, 1.82) is 0 Å². The van der Waals surface area contributed by atoms with Gasteiger partial charge in [-0.1, -0.05) is 83.1 Å². The molecule has 1 aliphatic heterocycles. The van der Waals surface area contributed by atoms with Crippen molar-refractivity contribution in [3.8, 4) is 11.5 Å². The summed E-state index contributed by atoms with van der Waals surface area (Å²) in [4.78, 5) is 15.1. The monoisotopic (exact) mass is 529 g/mol. The molecule has 34 heavy (non-hydrogen) atoms. The van der Waals surface area contributed by atoms with E-state index in [2.05, 4.69) is 6.07 Å². The number of ether oxygens (including phenoxy) is 2. The molecule has 1 saturated heterocycles. The second kappa shape index (κ2) is 10.8. The number of hydrogen-bond acceptors (Lipinski definition) is 5. The predicted molar refractivity (Wildman–Crippen MR) is 145 cm³/mol. The quantitative estimate of drug-likeness (QED) is 0.231. The molecule has 4 rings (SSSR count). The number of amides is 1. The molecule has 0 unspecified atom stereocenters. The van der Waals surface area contributed by atoms with E-state index in [0.29, 0.717) is 49.7 Å². The number of thioether (sulfide) groups is 1. The first-order valence-corrected chi connectivity index (χ1v) is 12.5. The normalized spacial score (nSPS) is 14.7. The molecule has 3 aromatic carbocycles. The Hall–Kier alpha value is -2.51. The Labute approximate surface area is 218 Å². The second-order valence-corrected chi connectivity index (χ2v) is 10.0. The van der Waals surface area contributed by atoms with E-state index >= 15 is 0 Å². The van der Waals surface area contributed by atoms with Crippen LogP contribution >= 0.6 is 47.2 Å². The molecule has 3 aromatic rings. The number of carbonyl (C=O) groups is 1. The van der Waals surface area contributed by atoms with Gasteiger partial charge in [0.15, 0.2) is 15.8 Å². The van der Waals surface area contributed by atoms with Gasteiger partial charge in [0.2, 0.25) is 0 Å². The highest BCUT2D eigenvalue weighted by Crippen LogP contribution is 2.39. The van der Waals surface area contributed by atoms with E-state index in [9.17, 15) is 4.79 Å². The number of halogens is 2. The van der Waals surface area contributed by atoms with Crippen molar-refractivity contribution in [3.05, 3.63) is 92.3 Å². The summed E-state index contributed by atoms with van der Waals surface area (Å²) in [7, 11) is 0. The Kier molecular flexibility index (Phi) is 7.84. The average molecular weight is 530 g/mol. The summed E-state index contributed by atoms with van der Waals surface area (Å²) in [6.45, 7) is 4.89. The molecule has 0 bridgehead atoms. The van der Waals surface area contributed by atoms with E-state index < -0.39 is 0 Å². The van der Waals surface area contributed by atoms with Crippen LogP contribution in [0.1, 0.15) is 23.6 Å². The summed E-state index contributed by atoms with van der Waals surface area (Å²) in [5.41, 5.74) is 3.65. The molecule has 174 valence electrons. The molecule has 0 aliphatic carbocycles. The van der Waals surface area contributed by atoms with Crippen molar-refractivity contribution in [2.45, 2.75) is 20.5 Å². The van der Waals surface area contributed by atoms with Crippen LogP contribution in [0.4, 0.5) is 5.69 Å². The fourth-order valence-corrected chi connectivity index (χ4v) is 5.02. The lowest BCUT2D eigenvalue weighted by Gasteiger charge is -2.15. The van der Waals surface area contributed by atoms with Crippen molar-refractivity contribution in [3.63, 3.8) is 0 Å². The molecule has 4 nitrogen and oxygen atoms in total. The van der Waals surface area contributed by atoms with Gasteiger partial charge in [-0.2, -0.15) is 0 Å². The first kappa shape index (κ1) is 24.6. The van der Waals surface area contributed by atoms with Crippen LogP contribution < -0.4 is 14.4 Å². The maximum absolute atomic E-state index is 13.1. The summed E-state index contributed by atoms with van der Waals surface area (Å²) in [5, 5.41) is 0.777. The number of aryl methyl sites for hydroxylation is 1. The van der Waals surface area contributed by atoms with Gasteiger partial charge in [0.1, 0.15) is 6.61 Å². The van der Waals surface area contributed by atoms with Crippen LogP contribution in [0.2, 0.25) is 10.0 Å². The van der Waals surface area contributed by atoms with Gasteiger partial charge >= 0.3 is 0 Å². The lowest BCUT2D eigenvalue weighted by molar-refractivity contribution is -0.113. The maximum atomic E-state index is 13.1. The van der Waals surface area contributed by atoms with Crippen molar-refractivity contribution in [1.82, 2.24) is 0 Å². The van der Waals surface area contributed by atoms with Gasteiger partial charge in [-0.15, -0.1) is 0 Å². The third kappa shape index (κ3) is 5.58. The second-order valence-electron chi connectivity index (χ2n) is 7.53. The zero-order chi connectivity index (χ0) is 24.2. The smallest absolute Gasteiger partial charge is 0.270 e. The first-order chi connectivity index (χ1) is 16.4. The van der Waals surface area contributed by atoms with Crippen molar-refractivity contribution in [2.75, 3.05) is 11.5 Å². The molecule has 0 radical (unpaired) electrons. The van der Waals surface area contributed by atoms with Gasteiger partial charge in [-0.05, 0) is 61.4 Å². The Morgan fingerprint density at radius 3 is 2.56 bits per heavy atom. The molecular formula is C26H21Cl2NO3S2. The third-order valence-corrected chi connectivity index (χ3v) is 7.04. The number of hydrogen-bond donors (Lipinski definition) is 0. The number of benzene rings is 3. The summed E-state index contributed by atoms with van der Waals surface area (Å²) >= 11 is 18.8. The van der Waals surface area contributed by atoms with Crippen molar-refractivity contribution in [2.24, 2.45) is 0 Å². The van der Waals surface area contributed by atoms with Crippen LogP contribution in [-0.2, 0) is 11.4 Å². The van der Waals surface area contributed by atoms with Crippen molar-refractivity contribution >= 4 is 69.2 Å². The van der Waals surface area contributed by atoms with Crippen LogP contribution in [-0.4, -0.2) is 16.8 Å². The van der Waals surface area contributed by atoms with E-state index in [-0.39, 0.29) is 5.91 Å². The van der Waals surface area contributed by atoms with Gasteiger partial charge in [0, 0.05) is 0 Å². The minimum Gasteiger partial charge on any atom is -0.490 e. The Morgan fingerprint density at radius 1 is 1.00 bits per heavy atom. The molecule has 0 N–H and O–H groups in total. The molecule has 8 heteroatoms. The Morgan fingerprint density at radius 2 is 1.82 bits per heavy atom. The lowest BCUT2D eigenvalue weighted by Crippen LogP contribution is -2.27. The summed E-state index contributed by atoms with van der Waals surface area (Å²) < 4.78 is 12.3. The molecule has 1 fully saturated rings. The molecule has 1 heterocycles. The molecule has 0 aromatic heterocycles. The number of anilines is 1. The van der Waals surface area contributed by atoms with Crippen LogP contribution in [0.15, 0.2) is 65.6 Å².